The molecule has 0 radical (unpaired) electrons. The first-order valence-electron chi connectivity index (χ1n) is 23.6. The molecule has 4 heteroatoms. The largest absolute Gasteiger partial charge is 0.455 e. The first kappa shape index (κ1) is 38.6. The van der Waals surface area contributed by atoms with E-state index in [4.69, 9.17) is 13.8 Å². The maximum absolute atomic E-state index is 6.97. The van der Waals surface area contributed by atoms with Gasteiger partial charge in [-0.15, -0.1) is 0 Å². The third kappa shape index (κ3) is 4.90. The number of rotatable bonds is 4. The van der Waals surface area contributed by atoms with Crippen LogP contribution in [0.2, 0.25) is 0 Å². The zero-order valence-corrected chi connectivity index (χ0v) is 38.8. The Balaban J connectivity index is 0.993. The van der Waals surface area contributed by atoms with Crippen molar-refractivity contribution in [3.63, 3.8) is 0 Å². The third-order valence-corrected chi connectivity index (χ3v) is 16.0. The van der Waals surface area contributed by atoms with Crippen LogP contribution in [0.3, 0.4) is 0 Å². The molecule has 4 nitrogen and oxygen atoms in total. The van der Waals surface area contributed by atoms with E-state index in [9.17, 15) is 0 Å². The first-order valence-corrected chi connectivity index (χ1v) is 23.6. The SMILES string of the molecule is Cc1ccccc1N(c1ccc2c(c1)C(C)(C)c1cc(-c3ccccn3)c3oc4ccccc4c3c1-2)c1ccc2c(c1)C(C)(C)c1c3c(c4oc5ccccc5c4c1-2)-c1ccccc1C3(C)C. The van der Waals surface area contributed by atoms with Gasteiger partial charge in [0.2, 0.25) is 0 Å². The van der Waals surface area contributed by atoms with Gasteiger partial charge in [-0.3, -0.25) is 4.98 Å². The van der Waals surface area contributed by atoms with Gasteiger partial charge in [-0.2, -0.15) is 0 Å². The van der Waals surface area contributed by atoms with Crippen molar-refractivity contribution >= 4 is 60.9 Å². The molecule has 0 saturated heterocycles. The highest BCUT2D eigenvalue weighted by Crippen LogP contribution is 2.64. The summed E-state index contributed by atoms with van der Waals surface area (Å²) < 4.78 is 13.7. The van der Waals surface area contributed by atoms with Gasteiger partial charge in [0.05, 0.1) is 5.69 Å². The predicted octanol–water partition coefficient (Wildman–Crippen LogP) is 17.2. The van der Waals surface area contributed by atoms with Crippen molar-refractivity contribution in [2.45, 2.75) is 64.7 Å². The molecule has 8 aromatic carbocycles. The van der Waals surface area contributed by atoms with Crippen LogP contribution in [-0.2, 0) is 16.2 Å². The summed E-state index contributed by atoms with van der Waals surface area (Å²) >= 11 is 0. The molecule has 0 atom stereocenters. The van der Waals surface area contributed by atoms with Crippen LogP contribution < -0.4 is 4.90 Å². The Morgan fingerprint density at radius 1 is 0.433 bits per heavy atom. The molecular formula is C63H48N2O2. The van der Waals surface area contributed by atoms with E-state index in [0.717, 1.165) is 61.4 Å². The highest BCUT2D eigenvalue weighted by atomic mass is 16.3. The lowest BCUT2D eigenvalue weighted by molar-refractivity contribution is 0.600. The third-order valence-electron chi connectivity index (χ3n) is 16.0. The van der Waals surface area contributed by atoms with Crippen LogP contribution in [0.4, 0.5) is 17.1 Å². The summed E-state index contributed by atoms with van der Waals surface area (Å²) in [7, 11) is 0. The smallest absolute Gasteiger partial charge is 0.145 e. The molecule has 3 heterocycles. The number of hydrogen-bond acceptors (Lipinski definition) is 4. The Morgan fingerprint density at radius 3 is 1.69 bits per heavy atom. The summed E-state index contributed by atoms with van der Waals surface area (Å²) in [6, 6.07) is 57.7. The molecule has 0 amide bonds. The number of aromatic nitrogens is 1. The highest BCUT2D eigenvalue weighted by Gasteiger charge is 2.49. The predicted molar refractivity (Wildman–Crippen MR) is 276 cm³/mol. The number of anilines is 3. The van der Waals surface area contributed by atoms with E-state index in [1.165, 1.54) is 83.1 Å². The average molecular weight is 865 g/mol. The number of nitrogens with zero attached hydrogens (tertiary/aromatic N) is 2. The second-order valence-corrected chi connectivity index (χ2v) is 20.7. The lowest BCUT2D eigenvalue weighted by Crippen LogP contribution is -2.24. The van der Waals surface area contributed by atoms with E-state index >= 15 is 0 Å². The quantitative estimate of drug-likeness (QED) is 0.177. The van der Waals surface area contributed by atoms with Gasteiger partial charge in [-0.1, -0.05) is 139 Å². The van der Waals surface area contributed by atoms with Crippen molar-refractivity contribution in [2.24, 2.45) is 0 Å². The molecule has 0 unspecified atom stereocenters. The van der Waals surface area contributed by atoms with Gasteiger partial charge < -0.3 is 13.7 Å². The Bertz CT molecular complexity index is 3970. The molecule has 0 aliphatic heterocycles. The molecule has 3 aromatic heterocycles. The Morgan fingerprint density at radius 2 is 0.985 bits per heavy atom. The topological polar surface area (TPSA) is 42.4 Å². The number of benzene rings is 8. The van der Waals surface area contributed by atoms with E-state index in [0.29, 0.717) is 0 Å². The lowest BCUT2D eigenvalue weighted by atomic mass is 9.72. The Labute approximate surface area is 390 Å². The van der Waals surface area contributed by atoms with Gasteiger partial charge >= 0.3 is 0 Å². The number of pyridine rings is 1. The standard InChI is InChI=1S/C63H48N2O2/c1-35-18-8-13-24-49(35)65(36-27-29-39-45(32-36)61(2,3)47-34-43(48-23-16-17-31-64-48)59-54(52(39)47)41-20-10-14-25-50(41)66-59)37-28-30-40-46(33-37)63(6,7)57-53(40)55-42-21-11-15-26-51(42)67-60(55)56-38-19-9-12-22-44(38)62(4,5)58(56)57/h8-34H,1-7H3. The number of hydrogen-bond donors (Lipinski definition) is 0. The van der Waals surface area contributed by atoms with Crippen LogP contribution in [0, 0.1) is 6.92 Å². The summed E-state index contributed by atoms with van der Waals surface area (Å²) in [5.41, 5.74) is 25.1. The maximum atomic E-state index is 6.97. The van der Waals surface area contributed by atoms with Crippen molar-refractivity contribution in [2.75, 3.05) is 4.90 Å². The molecule has 0 saturated carbocycles. The molecular weight excluding hydrogens is 817 g/mol. The van der Waals surface area contributed by atoms with Gasteiger partial charge in [-0.25, -0.2) is 0 Å². The second kappa shape index (κ2) is 13.0. The fourth-order valence-corrected chi connectivity index (χ4v) is 12.8. The van der Waals surface area contributed by atoms with Crippen molar-refractivity contribution in [1.82, 2.24) is 4.98 Å². The van der Waals surface area contributed by atoms with E-state index in [2.05, 4.69) is 205 Å². The van der Waals surface area contributed by atoms with Crippen LogP contribution in [0.1, 0.15) is 80.5 Å². The molecule has 11 aromatic rings. The highest BCUT2D eigenvalue weighted by molar-refractivity contribution is 6.21. The minimum absolute atomic E-state index is 0.222. The van der Waals surface area contributed by atoms with Crippen LogP contribution in [0.15, 0.2) is 173 Å². The molecule has 67 heavy (non-hydrogen) atoms. The second-order valence-electron chi connectivity index (χ2n) is 20.7. The Kier molecular flexibility index (Phi) is 7.49. The minimum atomic E-state index is -0.320. The van der Waals surface area contributed by atoms with Crippen molar-refractivity contribution in [3.05, 3.63) is 203 Å². The van der Waals surface area contributed by atoms with Crippen LogP contribution >= 0.6 is 0 Å². The maximum Gasteiger partial charge on any atom is 0.145 e. The Hall–Kier alpha value is -7.69. The number of para-hydroxylation sites is 3. The van der Waals surface area contributed by atoms with E-state index < -0.39 is 0 Å². The fourth-order valence-electron chi connectivity index (χ4n) is 12.8. The number of fused-ring (bicyclic) bond motifs is 19. The lowest BCUT2D eigenvalue weighted by Gasteiger charge is -2.32. The van der Waals surface area contributed by atoms with Crippen molar-refractivity contribution in [3.8, 4) is 44.6 Å². The zero-order chi connectivity index (χ0) is 45.3. The molecule has 0 bridgehead atoms. The normalized spacial score (nSPS) is 15.4. The van der Waals surface area contributed by atoms with Crippen LogP contribution in [0.25, 0.3) is 88.5 Å². The van der Waals surface area contributed by atoms with E-state index in [1.54, 1.807) is 0 Å². The van der Waals surface area contributed by atoms with Crippen LogP contribution in [-0.4, -0.2) is 4.98 Å². The van der Waals surface area contributed by atoms with Crippen molar-refractivity contribution < 1.29 is 8.83 Å². The van der Waals surface area contributed by atoms with Gasteiger partial charge in [0.15, 0.2) is 0 Å². The van der Waals surface area contributed by atoms with Gasteiger partial charge in [0.25, 0.3) is 0 Å². The van der Waals surface area contributed by atoms with E-state index in [-0.39, 0.29) is 16.2 Å². The fraction of sp³-hybridized carbons (Fsp3) is 0.159. The van der Waals surface area contributed by atoms with Gasteiger partial charge in [0.1, 0.15) is 22.3 Å². The molecule has 0 fully saturated rings. The summed E-state index contributed by atoms with van der Waals surface area (Å²) in [4.78, 5) is 7.33. The summed E-state index contributed by atoms with van der Waals surface area (Å²) in [5.74, 6) is 0. The molecule has 0 spiro atoms. The van der Waals surface area contributed by atoms with E-state index in [1.807, 2.05) is 12.3 Å². The molecule has 14 rings (SSSR count). The average Bonchev–Trinajstić information content (AvgIpc) is 4.09. The number of furan rings is 2. The molecule has 322 valence electrons. The van der Waals surface area contributed by atoms with Gasteiger partial charge in [0, 0.05) is 72.2 Å². The first-order chi connectivity index (χ1) is 32.4. The summed E-state index contributed by atoms with van der Waals surface area (Å²) in [5, 5.41) is 4.67. The van der Waals surface area contributed by atoms with Crippen LogP contribution in [0.5, 0.6) is 0 Å². The summed E-state index contributed by atoms with van der Waals surface area (Å²) in [6.07, 6.45) is 1.87. The monoisotopic (exact) mass is 864 g/mol. The molecule has 0 N–H and O–H groups in total. The zero-order valence-electron chi connectivity index (χ0n) is 38.8. The minimum Gasteiger partial charge on any atom is -0.455 e. The molecule has 3 aliphatic rings. The van der Waals surface area contributed by atoms with Gasteiger partial charge in [-0.05, 0) is 134 Å². The van der Waals surface area contributed by atoms with Crippen molar-refractivity contribution in [1.29, 1.82) is 0 Å². The molecule has 3 aliphatic carbocycles. The number of aryl methyl sites for hydroxylation is 1. The summed E-state index contributed by atoms with van der Waals surface area (Å²) in [6.45, 7) is 16.7.